The van der Waals surface area contributed by atoms with Gasteiger partial charge >= 0.3 is 0 Å². The second kappa shape index (κ2) is 3.78. The molecular formula is C11H22Si. The number of allylic oxidation sites excluding steroid dienone is 2. The highest BCUT2D eigenvalue weighted by Gasteiger charge is 2.27. The third-order valence-corrected chi connectivity index (χ3v) is 5.40. The van der Waals surface area contributed by atoms with Gasteiger partial charge in [0.15, 0.2) is 0 Å². The van der Waals surface area contributed by atoms with Crippen molar-refractivity contribution in [1.82, 2.24) is 0 Å². The molecule has 0 nitrogen and oxygen atoms in total. The lowest BCUT2D eigenvalue weighted by Crippen LogP contribution is -2.28. The van der Waals surface area contributed by atoms with Crippen LogP contribution in [0.5, 0.6) is 0 Å². The summed E-state index contributed by atoms with van der Waals surface area (Å²) in [6, 6.07) is 0. The van der Waals surface area contributed by atoms with Crippen molar-refractivity contribution in [2.75, 3.05) is 0 Å². The molecule has 0 spiro atoms. The van der Waals surface area contributed by atoms with Gasteiger partial charge in [0, 0.05) is 0 Å². The zero-order chi connectivity index (χ0) is 9.19. The topological polar surface area (TPSA) is 0 Å². The molecule has 1 aliphatic rings. The molecule has 0 aliphatic heterocycles. The summed E-state index contributed by atoms with van der Waals surface area (Å²) in [5, 5.41) is 1.82. The van der Waals surface area contributed by atoms with Crippen molar-refractivity contribution in [3.8, 4) is 0 Å². The van der Waals surface area contributed by atoms with E-state index in [2.05, 4.69) is 32.6 Å². The van der Waals surface area contributed by atoms with Gasteiger partial charge in [-0.05, 0) is 25.7 Å². The summed E-state index contributed by atoms with van der Waals surface area (Å²) in [6.45, 7) is 9.65. The molecule has 1 heteroatoms. The standard InChI is InChI=1S/C11H22Si/c1-5-11(12(2,3)4)10-8-6-7-9-10/h5,10H,6-9H2,1-4H3/b11-5+. The van der Waals surface area contributed by atoms with Crippen molar-refractivity contribution < 1.29 is 0 Å². The normalized spacial score (nSPS) is 21.8. The van der Waals surface area contributed by atoms with Crippen LogP contribution in [0.15, 0.2) is 11.3 Å². The van der Waals surface area contributed by atoms with Crippen molar-refractivity contribution in [3.05, 3.63) is 11.3 Å². The molecule has 0 radical (unpaired) electrons. The van der Waals surface area contributed by atoms with Gasteiger partial charge in [-0.25, -0.2) is 0 Å². The molecule has 1 fully saturated rings. The van der Waals surface area contributed by atoms with Gasteiger partial charge in [-0.3, -0.25) is 0 Å². The van der Waals surface area contributed by atoms with Crippen LogP contribution in [0.4, 0.5) is 0 Å². The largest absolute Gasteiger partial charge is 0.0920 e. The van der Waals surface area contributed by atoms with Gasteiger partial charge in [0.2, 0.25) is 0 Å². The van der Waals surface area contributed by atoms with E-state index in [1.807, 2.05) is 5.20 Å². The Morgan fingerprint density at radius 3 is 2.00 bits per heavy atom. The number of rotatable bonds is 2. The molecule has 1 saturated carbocycles. The highest BCUT2D eigenvalue weighted by molar-refractivity contribution is 6.83. The summed E-state index contributed by atoms with van der Waals surface area (Å²) < 4.78 is 0. The smallest absolute Gasteiger partial charge is 0.0723 e. The first kappa shape index (κ1) is 10.0. The lowest BCUT2D eigenvalue weighted by Gasteiger charge is -2.26. The average molecular weight is 182 g/mol. The van der Waals surface area contributed by atoms with Crippen molar-refractivity contribution >= 4 is 8.07 Å². The Hall–Kier alpha value is -0.0431. The SMILES string of the molecule is C/C=C(\C1CCCC1)[Si](C)(C)C. The Morgan fingerprint density at radius 1 is 1.17 bits per heavy atom. The summed E-state index contributed by atoms with van der Waals surface area (Å²) in [5.74, 6) is 0.960. The Morgan fingerprint density at radius 2 is 1.67 bits per heavy atom. The van der Waals surface area contributed by atoms with E-state index in [0.717, 1.165) is 5.92 Å². The van der Waals surface area contributed by atoms with E-state index in [1.165, 1.54) is 25.7 Å². The second-order valence-corrected chi connectivity index (χ2v) is 10.1. The van der Waals surface area contributed by atoms with Gasteiger partial charge in [-0.1, -0.05) is 43.8 Å². The molecule has 0 aromatic rings. The minimum Gasteiger partial charge on any atom is -0.0920 e. The molecule has 0 aromatic carbocycles. The lowest BCUT2D eigenvalue weighted by molar-refractivity contribution is 0.665. The zero-order valence-electron chi connectivity index (χ0n) is 8.98. The van der Waals surface area contributed by atoms with Crippen LogP contribution in [-0.2, 0) is 0 Å². The molecule has 0 N–H and O–H groups in total. The predicted molar refractivity (Wildman–Crippen MR) is 59.1 cm³/mol. The van der Waals surface area contributed by atoms with Crippen LogP contribution < -0.4 is 0 Å². The van der Waals surface area contributed by atoms with Gasteiger partial charge in [0.1, 0.15) is 0 Å². The monoisotopic (exact) mass is 182 g/mol. The maximum absolute atomic E-state index is 2.47. The molecule has 70 valence electrons. The lowest BCUT2D eigenvalue weighted by atomic mass is 10.1. The summed E-state index contributed by atoms with van der Waals surface area (Å²) >= 11 is 0. The van der Waals surface area contributed by atoms with Gasteiger partial charge in [0.05, 0.1) is 8.07 Å². The maximum atomic E-state index is 2.47. The minimum absolute atomic E-state index is 0.960. The average Bonchev–Trinajstić information content (AvgIpc) is 2.38. The van der Waals surface area contributed by atoms with E-state index in [4.69, 9.17) is 0 Å². The second-order valence-electron chi connectivity index (χ2n) is 4.98. The fourth-order valence-electron chi connectivity index (χ4n) is 2.52. The van der Waals surface area contributed by atoms with Gasteiger partial charge < -0.3 is 0 Å². The zero-order valence-corrected chi connectivity index (χ0v) is 9.98. The summed E-state index contributed by atoms with van der Waals surface area (Å²) in [4.78, 5) is 0. The van der Waals surface area contributed by atoms with E-state index in [9.17, 15) is 0 Å². The van der Waals surface area contributed by atoms with Crippen molar-refractivity contribution in [2.24, 2.45) is 5.92 Å². The van der Waals surface area contributed by atoms with Crippen LogP contribution in [0.25, 0.3) is 0 Å². The molecule has 0 amide bonds. The van der Waals surface area contributed by atoms with E-state index < -0.39 is 8.07 Å². The predicted octanol–water partition coefficient (Wildman–Crippen LogP) is 4.00. The highest BCUT2D eigenvalue weighted by atomic mass is 28.3. The van der Waals surface area contributed by atoms with Crippen LogP contribution in [0.1, 0.15) is 32.6 Å². The van der Waals surface area contributed by atoms with E-state index >= 15 is 0 Å². The maximum Gasteiger partial charge on any atom is 0.0723 e. The molecule has 0 heterocycles. The molecule has 0 atom stereocenters. The molecule has 0 saturated heterocycles. The first-order chi connectivity index (χ1) is 5.55. The van der Waals surface area contributed by atoms with Crippen molar-refractivity contribution in [2.45, 2.75) is 52.2 Å². The highest BCUT2D eigenvalue weighted by Crippen LogP contribution is 2.35. The van der Waals surface area contributed by atoms with Crippen LogP contribution in [-0.4, -0.2) is 8.07 Å². The Labute approximate surface area is 78.1 Å². The summed E-state index contributed by atoms with van der Waals surface area (Å²) in [7, 11) is -0.991. The van der Waals surface area contributed by atoms with E-state index in [1.54, 1.807) is 0 Å². The molecule has 1 rings (SSSR count). The molecule has 0 bridgehead atoms. The fourth-order valence-corrected chi connectivity index (χ4v) is 4.90. The molecular weight excluding hydrogens is 160 g/mol. The molecule has 1 aliphatic carbocycles. The third-order valence-electron chi connectivity index (χ3n) is 2.97. The summed E-state index contributed by atoms with van der Waals surface area (Å²) in [6.07, 6.45) is 8.26. The Balaban J connectivity index is 2.69. The van der Waals surface area contributed by atoms with Crippen LogP contribution in [0.2, 0.25) is 19.6 Å². The first-order valence-electron chi connectivity index (χ1n) is 5.22. The van der Waals surface area contributed by atoms with Crippen molar-refractivity contribution in [3.63, 3.8) is 0 Å². The third kappa shape index (κ3) is 2.22. The van der Waals surface area contributed by atoms with Gasteiger partial charge in [-0.2, -0.15) is 0 Å². The van der Waals surface area contributed by atoms with Crippen LogP contribution in [0.3, 0.4) is 0 Å². The molecule has 0 aromatic heterocycles. The summed E-state index contributed by atoms with van der Waals surface area (Å²) in [5.41, 5.74) is 0. The van der Waals surface area contributed by atoms with E-state index in [0.29, 0.717) is 0 Å². The van der Waals surface area contributed by atoms with Gasteiger partial charge in [0.25, 0.3) is 0 Å². The van der Waals surface area contributed by atoms with Crippen molar-refractivity contribution in [1.29, 1.82) is 0 Å². The fraction of sp³-hybridized carbons (Fsp3) is 0.818. The Bertz CT molecular complexity index is 168. The van der Waals surface area contributed by atoms with Crippen LogP contribution in [0, 0.1) is 5.92 Å². The van der Waals surface area contributed by atoms with Gasteiger partial charge in [-0.15, -0.1) is 0 Å². The molecule has 0 unspecified atom stereocenters. The number of hydrogen-bond acceptors (Lipinski definition) is 0. The quantitative estimate of drug-likeness (QED) is 0.566. The minimum atomic E-state index is -0.991. The van der Waals surface area contributed by atoms with Crippen LogP contribution >= 0.6 is 0 Å². The molecule has 12 heavy (non-hydrogen) atoms. The Kier molecular flexibility index (Phi) is 3.16. The first-order valence-corrected chi connectivity index (χ1v) is 8.72. The number of hydrogen-bond donors (Lipinski definition) is 0. The van der Waals surface area contributed by atoms with E-state index in [-0.39, 0.29) is 0 Å².